The fourth-order valence-electron chi connectivity index (χ4n) is 7.03. The summed E-state index contributed by atoms with van der Waals surface area (Å²) in [5.41, 5.74) is 8.13. The van der Waals surface area contributed by atoms with Crippen LogP contribution in [0.3, 0.4) is 0 Å². The molecule has 1 unspecified atom stereocenters. The van der Waals surface area contributed by atoms with Crippen LogP contribution in [-0.4, -0.2) is 78.5 Å². The average molecular weight is 757 g/mol. The molecule has 2 fully saturated rings. The monoisotopic (exact) mass is 756 g/mol. The van der Waals surface area contributed by atoms with Crippen molar-refractivity contribution in [2.24, 2.45) is 5.73 Å². The number of nitrogens with zero attached hydrogens (tertiary/aromatic N) is 3. The summed E-state index contributed by atoms with van der Waals surface area (Å²) in [5, 5.41) is 5.70. The number of hydrogen-bond donors (Lipinski definition) is 3. The second-order valence-corrected chi connectivity index (χ2v) is 14.6. The molecule has 2 aliphatic rings. The minimum atomic E-state index is -4.50. The summed E-state index contributed by atoms with van der Waals surface area (Å²) < 4.78 is 45.1. The highest BCUT2D eigenvalue weighted by Crippen LogP contribution is 2.35. The molecule has 0 spiro atoms. The van der Waals surface area contributed by atoms with Crippen LogP contribution in [0.4, 0.5) is 24.5 Å². The fourth-order valence-corrected chi connectivity index (χ4v) is 7.03. The number of ketones is 1. The summed E-state index contributed by atoms with van der Waals surface area (Å²) in [4.78, 5) is 49.8. The first-order valence-electron chi connectivity index (χ1n) is 18.7. The molecule has 6 rings (SSSR count). The van der Waals surface area contributed by atoms with Gasteiger partial charge in [0.05, 0.1) is 35.7 Å². The van der Waals surface area contributed by atoms with Crippen molar-refractivity contribution in [3.8, 4) is 11.3 Å². The van der Waals surface area contributed by atoms with Crippen LogP contribution in [0.15, 0.2) is 85.1 Å². The quantitative estimate of drug-likeness (QED) is 0.133. The van der Waals surface area contributed by atoms with E-state index in [9.17, 15) is 27.6 Å². The number of hydrogen-bond acceptors (Lipinski definition) is 8. The third-order valence-electron chi connectivity index (χ3n) is 10.3. The van der Waals surface area contributed by atoms with Crippen molar-refractivity contribution in [1.82, 2.24) is 15.2 Å². The molecule has 13 heteroatoms. The molecule has 2 atom stereocenters. The van der Waals surface area contributed by atoms with Gasteiger partial charge in [-0.1, -0.05) is 24.3 Å². The van der Waals surface area contributed by atoms with E-state index in [1.165, 1.54) is 24.4 Å². The Kier molecular flexibility index (Phi) is 12.3. The van der Waals surface area contributed by atoms with Gasteiger partial charge in [0.2, 0.25) is 0 Å². The second-order valence-electron chi connectivity index (χ2n) is 14.6. The van der Waals surface area contributed by atoms with Crippen LogP contribution < -0.4 is 21.3 Å². The number of carbonyl (C=O) groups excluding carboxylic acids is 3. The lowest BCUT2D eigenvalue weighted by molar-refractivity contribution is -0.137. The van der Waals surface area contributed by atoms with Crippen LogP contribution in [0.5, 0.6) is 0 Å². The van der Waals surface area contributed by atoms with Gasteiger partial charge >= 0.3 is 6.18 Å². The molecule has 3 aromatic carbocycles. The zero-order valence-corrected chi connectivity index (χ0v) is 31.1. The number of pyridine rings is 1. The molecule has 2 aliphatic heterocycles. The van der Waals surface area contributed by atoms with Gasteiger partial charge in [0.25, 0.3) is 11.8 Å². The van der Waals surface area contributed by atoms with Gasteiger partial charge in [-0.3, -0.25) is 24.3 Å². The number of benzene rings is 3. The number of morpholine rings is 1. The van der Waals surface area contributed by atoms with E-state index in [4.69, 9.17) is 10.5 Å². The zero-order chi connectivity index (χ0) is 39.2. The van der Waals surface area contributed by atoms with Crippen molar-refractivity contribution < 1.29 is 32.3 Å². The first-order valence-corrected chi connectivity index (χ1v) is 18.7. The van der Waals surface area contributed by atoms with Crippen molar-refractivity contribution in [3.63, 3.8) is 0 Å². The Morgan fingerprint density at radius 2 is 1.64 bits per heavy atom. The maximum Gasteiger partial charge on any atom is 0.416 e. The topological polar surface area (TPSA) is 130 Å². The minimum Gasteiger partial charge on any atom is -0.379 e. The number of piperidine rings is 1. The molecule has 2 saturated heterocycles. The highest BCUT2D eigenvalue weighted by Gasteiger charge is 2.32. The number of nitrogens with two attached hydrogens (primary N) is 1. The van der Waals surface area contributed by atoms with Crippen LogP contribution in [-0.2, 0) is 17.5 Å². The van der Waals surface area contributed by atoms with Crippen molar-refractivity contribution in [2.75, 3.05) is 49.6 Å². The molecule has 3 heterocycles. The SMILES string of the molecule is C[C@H]1CCCCN1c1ccc(NC(=O)c2cccc(C(=O)C(C)(N)CCN3CCOCC3)c2)c(-c2cc(C(=O)NCc3cccc(C(F)(F)F)c3)ccn2)c1. The van der Waals surface area contributed by atoms with Gasteiger partial charge in [0.1, 0.15) is 0 Å². The van der Waals surface area contributed by atoms with E-state index >= 15 is 0 Å². The Balaban J connectivity index is 1.23. The molecule has 10 nitrogen and oxygen atoms in total. The molecule has 2 amide bonds. The van der Waals surface area contributed by atoms with E-state index < -0.39 is 29.1 Å². The Bertz CT molecular complexity index is 2010. The number of nitrogens with one attached hydrogen (secondary N) is 2. The van der Waals surface area contributed by atoms with Crippen LogP contribution in [0.1, 0.15) is 81.7 Å². The maximum atomic E-state index is 13.8. The van der Waals surface area contributed by atoms with Crippen molar-refractivity contribution in [3.05, 3.63) is 113 Å². The number of ether oxygens (including phenoxy) is 1. The Labute approximate surface area is 319 Å². The molecular weight excluding hydrogens is 709 g/mol. The van der Waals surface area contributed by atoms with E-state index in [2.05, 4.69) is 32.3 Å². The van der Waals surface area contributed by atoms with Crippen LogP contribution in [0.25, 0.3) is 11.3 Å². The molecule has 55 heavy (non-hydrogen) atoms. The van der Waals surface area contributed by atoms with Gasteiger partial charge in [0, 0.05) is 72.9 Å². The van der Waals surface area contributed by atoms with Gasteiger partial charge in [-0.15, -0.1) is 0 Å². The minimum absolute atomic E-state index is 0.108. The highest BCUT2D eigenvalue weighted by molar-refractivity contribution is 6.09. The van der Waals surface area contributed by atoms with E-state index in [1.54, 1.807) is 37.3 Å². The number of rotatable bonds is 12. The molecule has 0 saturated carbocycles. The van der Waals surface area contributed by atoms with E-state index in [-0.39, 0.29) is 23.5 Å². The number of alkyl halides is 3. The summed E-state index contributed by atoms with van der Waals surface area (Å²) in [6, 6.07) is 20.4. The molecule has 290 valence electrons. The van der Waals surface area contributed by atoms with Gasteiger partial charge in [-0.05, 0) is 99.7 Å². The smallest absolute Gasteiger partial charge is 0.379 e. The predicted molar refractivity (Wildman–Crippen MR) is 206 cm³/mol. The number of aromatic nitrogens is 1. The first-order chi connectivity index (χ1) is 26.3. The van der Waals surface area contributed by atoms with Crippen LogP contribution in [0.2, 0.25) is 0 Å². The van der Waals surface area contributed by atoms with E-state index in [0.29, 0.717) is 60.3 Å². The molecular formula is C42H47F3N6O4. The standard InChI is InChI=1S/C42H47F3N6O4/c1-28-7-3-4-17-51(28)34-12-13-36(49-40(54)31-10-6-9-30(24-31)38(52)41(2,46)15-18-50-19-21-55-22-20-50)35(26-34)37-25-32(14-16-47-37)39(53)48-27-29-8-5-11-33(23-29)42(43,44)45/h5-6,8-14,16,23-26,28H,3-4,7,15,17-22,27,46H2,1-2H3,(H,48,53)(H,49,54)/t28-,41?/m0/s1. The van der Waals surface area contributed by atoms with E-state index in [0.717, 1.165) is 56.7 Å². The Hall–Kier alpha value is -5.11. The Morgan fingerprint density at radius 3 is 2.40 bits per heavy atom. The predicted octanol–water partition coefficient (Wildman–Crippen LogP) is 6.95. The van der Waals surface area contributed by atoms with Gasteiger partial charge in [-0.2, -0.15) is 13.2 Å². The number of Topliss-reactive ketones (excluding diaryl/α,β-unsaturated/α-hetero) is 1. The summed E-state index contributed by atoms with van der Waals surface area (Å²) in [6.07, 6.45) is 0.649. The van der Waals surface area contributed by atoms with Gasteiger partial charge < -0.3 is 26.0 Å². The lowest BCUT2D eigenvalue weighted by atomic mass is 9.88. The number of halogens is 3. The molecule has 1 aromatic heterocycles. The Morgan fingerprint density at radius 1 is 0.891 bits per heavy atom. The van der Waals surface area contributed by atoms with Gasteiger partial charge in [-0.25, -0.2) is 0 Å². The summed E-state index contributed by atoms with van der Waals surface area (Å²) in [7, 11) is 0. The van der Waals surface area contributed by atoms with E-state index in [1.807, 2.05) is 18.2 Å². The van der Waals surface area contributed by atoms with Crippen molar-refractivity contribution >= 4 is 29.0 Å². The largest absolute Gasteiger partial charge is 0.416 e. The summed E-state index contributed by atoms with van der Waals surface area (Å²) in [6.45, 7) is 8.18. The highest BCUT2D eigenvalue weighted by atomic mass is 19.4. The van der Waals surface area contributed by atoms with Crippen LogP contribution in [0, 0.1) is 0 Å². The second kappa shape index (κ2) is 17.1. The lowest BCUT2D eigenvalue weighted by Crippen LogP contribution is -2.48. The number of carbonyl (C=O) groups is 3. The summed E-state index contributed by atoms with van der Waals surface area (Å²) >= 11 is 0. The first kappa shape index (κ1) is 39.6. The fraction of sp³-hybridized carbons (Fsp3) is 0.381. The van der Waals surface area contributed by atoms with Crippen molar-refractivity contribution in [2.45, 2.75) is 63.8 Å². The normalized spacial score (nSPS) is 17.6. The van der Waals surface area contributed by atoms with Crippen molar-refractivity contribution in [1.29, 1.82) is 0 Å². The third-order valence-corrected chi connectivity index (χ3v) is 10.3. The average Bonchev–Trinajstić information content (AvgIpc) is 3.19. The summed E-state index contributed by atoms with van der Waals surface area (Å²) in [5.74, 6) is -1.20. The molecule has 0 aliphatic carbocycles. The molecule has 4 aromatic rings. The lowest BCUT2D eigenvalue weighted by Gasteiger charge is -2.35. The molecule has 4 N–H and O–H groups in total. The maximum absolute atomic E-state index is 13.8. The number of amides is 2. The molecule has 0 bridgehead atoms. The van der Waals surface area contributed by atoms with Gasteiger partial charge in [0.15, 0.2) is 5.78 Å². The number of anilines is 2. The zero-order valence-electron chi connectivity index (χ0n) is 31.1. The molecule has 0 radical (unpaired) electrons. The van der Waals surface area contributed by atoms with Crippen LogP contribution >= 0.6 is 0 Å². The third kappa shape index (κ3) is 9.96.